The van der Waals surface area contributed by atoms with Crippen LogP contribution in [-0.4, -0.2) is 0 Å². The highest BCUT2D eigenvalue weighted by Crippen LogP contribution is 2.31. The maximum Gasteiger partial charge on any atom is 0.140 e. The van der Waals surface area contributed by atoms with Crippen LogP contribution in [0, 0.1) is 23.1 Å². The summed E-state index contributed by atoms with van der Waals surface area (Å²) in [6.07, 6.45) is 4.44. The van der Waals surface area contributed by atoms with Crippen LogP contribution in [0.15, 0.2) is 24.3 Å². The number of halogens is 1. The normalized spacial score (nSPS) is 13.8. The Bertz CT molecular complexity index is 323. The molecule has 1 saturated carbocycles. The van der Waals surface area contributed by atoms with Gasteiger partial charge in [-0.3, -0.25) is 0 Å². The topological polar surface area (TPSA) is 23.8 Å². The number of rotatable bonds is 1. The van der Waals surface area contributed by atoms with E-state index in [1.165, 1.54) is 31.4 Å². The lowest BCUT2D eigenvalue weighted by molar-refractivity contribution is 0.624. The van der Waals surface area contributed by atoms with Crippen LogP contribution in [0.3, 0.4) is 0 Å². The van der Waals surface area contributed by atoms with Crippen molar-refractivity contribution in [1.29, 1.82) is 5.26 Å². The quantitative estimate of drug-likeness (QED) is 0.666. The van der Waals surface area contributed by atoms with Crippen molar-refractivity contribution in [1.82, 2.24) is 0 Å². The van der Waals surface area contributed by atoms with Gasteiger partial charge in [0.05, 0.1) is 5.56 Å². The fourth-order valence-electron chi connectivity index (χ4n) is 1.08. The van der Waals surface area contributed by atoms with Crippen molar-refractivity contribution in [3.8, 4) is 6.07 Å². The van der Waals surface area contributed by atoms with E-state index in [1.807, 2.05) is 0 Å². The zero-order valence-electron chi connectivity index (χ0n) is 8.33. The molecule has 14 heavy (non-hydrogen) atoms. The number of benzene rings is 1. The minimum Gasteiger partial charge on any atom is -0.206 e. The molecule has 0 heterocycles. The molecule has 1 aliphatic rings. The molecule has 0 N–H and O–H groups in total. The molecule has 0 unspecified atom stereocenters. The highest BCUT2D eigenvalue weighted by atomic mass is 19.1. The van der Waals surface area contributed by atoms with Crippen LogP contribution in [0.1, 0.15) is 31.7 Å². The minimum atomic E-state index is -0.458. The summed E-state index contributed by atoms with van der Waals surface area (Å²) in [4.78, 5) is 0. The summed E-state index contributed by atoms with van der Waals surface area (Å²) in [5.41, 5.74) is 0.0949. The summed E-state index contributed by atoms with van der Waals surface area (Å²) in [5, 5.41) is 8.23. The Morgan fingerprint density at radius 2 is 2.07 bits per heavy atom. The maximum absolute atomic E-state index is 12.4. The second-order valence-electron chi connectivity index (χ2n) is 3.44. The first-order valence-electron chi connectivity index (χ1n) is 4.92. The number of nitriles is 1. The first-order valence-corrected chi connectivity index (χ1v) is 4.92. The number of hydrogen-bond acceptors (Lipinski definition) is 1. The van der Waals surface area contributed by atoms with Gasteiger partial charge < -0.3 is 0 Å². The van der Waals surface area contributed by atoms with Crippen molar-refractivity contribution < 1.29 is 4.39 Å². The van der Waals surface area contributed by atoms with Gasteiger partial charge >= 0.3 is 0 Å². The molecule has 0 aliphatic heterocycles. The Labute approximate surface area is 84.2 Å². The molecule has 74 valence electrons. The zero-order chi connectivity index (χ0) is 10.4. The largest absolute Gasteiger partial charge is 0.206 e. The predicted octanol–water partition coefficient (Wildman–Crippen LogP) is 3.50. The van der Waals surface area contributed by atoms with E-state index >= 15 is 0 Å². The molecule has 0 radical (unpaired) electrons. The first-order chi connectivity index (χ1) is 6.77. The van der Waals surface area contributed by atoms with Crippen molar-refractivity contribution in [2.24, 2.45) is 5.92 Å². The second-order valence-corrected chi connectivity index (χ2v) is 3.44. The Hall–Kier alpha value is -1.36. The van der Waals surface area contributed by atoms with E-state index in [-0.39, 0.29) is 5.56 Å². The van der Waals surface area contributed by atoms with E-state index < -0.39 is 5.82 Å². The second kappa shape index (κ2) is 5.39. The van der Waals surface area contributed by atoms with Gasteiger partial charge in [0.15, 0.2) is 0 Å². The van der Waals surface area contributed by atoms with Crippen LogP contribution in [0.4, 0.5) is 4.39 Å². The average molecular weight is 191 g/mol. The maximum atomic E-state index is 12.4. The van der Waals surface area contributed by atoms with Gasteiger partial charge in [-0.05, 0) is 18.1 Å². The monoisotopic (exact) mass is 191 g/mol. The summed E-state index contributed by atoms with van der Waals surface area (Å²) in [6.45, 7) is 2.26. The van der Waals surface area contributed by atoms with Crippen molar-refractivity contribution in [3.05, 3.63) is 35.6 Å². The molecule has 1 nitrogen and oxygen atoms in total. The average Bonchev–Trinajstić information content (AvgIpc) is 3.03. The smallest absolute Gasteiger partial charge is 0.140 e. The third-order valence-electron chi connectivity index (χ3n) is 2.27. The number of hydrogen-bond donors (Lipinski definition) is 0. The van der Waals surface area contributed by atoms with Crippen LogP contribution in [0.5, 0.6) is 0 Å². The van der Waals surface area contributed by atoms with E-state index in [1.54, 1.807) is 18.2 Å². The zero-order valence-corrected chi connectivity index (χ0v) is 8.33. The molecule has 0 aromatic heterocycles. The first kappa shape index (κ1) is 10.7. The molecule has 0 spiro atoms. The van der Waals surface area contributed by atoms with Crippen LogP contribution < -0.4 is 0 Å². The molecule has 0 atom stereocenters. The van der Waals surface area contributed by atoms with Crippen LogP contribution in [0.2, 0.25) is 0 Å². The lowest BCUT2D eigenvalue weighted by atomic mass is 10.2. The Balaban J connectivity index is 0.000000165. The third kappa shape index (κ3) is 3.57. The summed E-state index contributed by atoms with van der Waals surface area (Å²) in [5.74, 6) is 0.676. The van der Waals surface area contributed by atoms with E-state index in [0.717, 1.165) is 5.92 Å². The Morgan fingerprint density at radius 1 is 1.43 bits per heavy atom. The highest BCUT2D eigenvalue weighted by Gasteiger charge is 2.17. The summed E-state index contributed by atoms with van der Waals surface area (Å²) >= 11 is 0. The van der Waals surface area contributed by atoms with Crippen LogP contribution >= 0.6 is 0 Å². The predicted molar refractivity (Wildman–Crippen MR) is 54.1 cm³/mol. The molecule has 2 rings (SSSR count). The minimum absolute atomic E-state index is 0.0949. The summed E-state index contributed by atoms with van der Waals surface area (Å²) < 4.78 is 12.4. The van der Waals surface area contributed by atoms with Gasteiger partial charge in [-0.1, -0.05) is 38.3 Å². The molecule has 1 aliphatic carbocycles. The lowest BCUT2D eigenvalue weighted by Gasteiger charge is -1.86. The van der Waals surface area contributed by atoms with E-state index in [0.29, 0.717) is 0 Å². The molecular weight excluding hydrogens is 177 g/mol. The van der Waals surface area contributed by atoms with Gasteiger partial charge in [0.25, 0.3) is 0 Å². The van der Waals surface area contributed by atoms with Gasteiger partial charge in [0, 0.05) is 0 Å². The van der Waals surface area contributed by atoms with Gasteiger partial charge in [-0.2, -0.15) is 5.26 Å². The third-order valence-corrected chi connectivity index (χ3v) is 2.27. The molecule has 2 heteroatoms. The van der Waals surface area contributed by atoms with Crippen molar-refractivity contribution in [2.75, 3.05) is 0 Å². The SMILES string of the molecule is CCC1CC1.N#Cc1ccccc1F. The highest BCUT2D eigenvalue weighted by molar-refractivity contribution is 5.29. The molecule has 1 aromatic rings. The van der Waals surface area contributed by atoms with E-state index in [4.69, 9.17) is 5.26 Å². The van der Waals surface area contributed by atoms with Gasteiger partial charge in [-0.15, -0.1) is 0 Å². The van der Waals surface area contributed by atoms with Crippen LogP contribution in [0.25, 0.3) is 0 Å². The van der Waals surface area contributed by atoms with Gasteiger partial charge in [0.2, 0.25) is 0 Å². The fraction of sp³-hybridized carbons (Fsp3) is 0.417. The summed E-state index contributed by atoms with van der Waals surface area (Å²) in [6, 6.07) is 7.60. The lowest BCUT2D eigenvalue weighted by Crippen LogP contribution is -1.78. The van der Waals surface area contributed by atoms with E-state index in [2.05, 4.69) is 6.92 Å². The Morgan fingerprint density at radius 3 is 2.36 bits per heavy atom. The van der Waals surface area contributed by atoms with Crippen LogP contribution in [-0.2, 0) is 0 Å². The van der Waals surface area contributed by atoms with Crippen molar-refractivity contribution in [3.63, 3.8) is 0 Å². The fourth-order valence-corrected chi connectivity index (χ4v) is 1.08. The Kier molecular flexibility index (Phi) is 4.12. The molecular formula is C12H14FN. The standard InChI is InChI=1S/C7H4FN.C5H10/c8-7-4-2-1-3-6(7)5-9;1-2-5-3-4-5/h1-4H;5H,2-4H2,1H3. The van der Waals surface area contributed by atoms with E-state index in [9.17, 15) is 4.39 Å². The molecule has 1 fully saturated rings. The van der Waals surface area contributed by atoms with Crippen molar-refractivity contribution in [2.45, 2.75) is 26.2 Å². The molecule has 1 aromatic carbocycles. The molecule has 0 saturated heterocycles. The molecule has 0 bridgehead atoms. The summed E-state index contributed by atoms with van der Waals surface area (Å²) in [7, 11) is 0. The van der Waals surface area contributed by atoms with Crippen molar-refractivity contribution >= 4 is 0 Å². The van der Waals surface area contributed by atoms with Gasteiger partial charge in [-0.25, -0.2) is 4.39 Å². The van der Waals surface area contributed by atoms with Gasteiger partial charge in [0.1, 0.15) is 11.9 Å². The molecule has 0 amide bonds. The number of nitrogens with zero attached hydrogens (tertiary/aromatic N) is 1.